The highest BCUT2D eigenvalue weighted by atomic mass is 15.0. The summed E-state index contributed by atoms with van der Waals surface area (Å²) < 4.78 is 2.01. The molecule has 3 aromatic rings. The summed E-state index contributed by atoms with van der Waals surface area (Å²) in [5.74, 6) is 0. The Morgan fingerprint density at radius 1 is 1.19 bits per heavy atom. The standard InChI is InChI=1S/C13H11N3/c1-9-5-6-11-10(8-9)13(14)15-12-4-2-3-7-16(11)12/h2-8,14H,1H3. The molecule has 0 aliphatic rings. The second kappa shape index (κ2) is 3.17. The van der Waals surface area contributed by atoms with Crippen LogP contribution >= 0.6 is 0 Å². The summed E-state index contributed by atoms with van der Waals surface area (Å²) >= 11 is 0. The lowest BCUT2D eigenvalue weighted by molar-refractivity contribution is 1.07. The zero-order valence-corrected chi connectivity index (χ0v) is 8.94. The van der Waals surface area contributed by atoms with E-state index in [2.05, 4.69) is 11.1 Å². The average Bonchev–Trinajstić information content (AvgIpc) is 2.29. The number of benzene rings is 1. The molecule has 0 atom stereocenters. The topological polar surface area (TPSA) is 41.2 Å². The molecule has 0 bridgehead atoms. The summed E-state index contributed by atoms with van der Waals surface area (Å²) in [6.07, 6.45) is 1.97. The highest BCUT2D eigenvalue weighted by Crippen LogP contribution is 2.13. The molecule has 16 heavy (non-hydrogen) atoms. The van der Waals surface area contributed by atoms with Crippen molar-refractivity contribution in [3.05, 3.63) is 53.6 Å². The van der Waals surface area contributed by atoms with E-state index >= 15 is 0 Å². The number of aryl methyl sites for hydroxylation is 1. The van der Waals surface area contributed by atoms with Crippen molar-refractivity contribution in [2.75, 3.05) is 0 Å². The molecule has 0 saturated carbocycles. The molecular weight excluding hydrogens is 198 g/mol. The van der Waals surface area contributed by atoms with Crippen LogP contribution in [0.25, 0.3) is 16.6 Å². The first kappa shape index (κ1) is 9.09. The molecule has 0 saturated heterocycles. The normalized spacial score (nSPS) is 11.1. The summed E-state index contributed by atoms with van der Waals surface area (Å²) in [6, 6.07) is 11.9. The first-order valence-electron chi connectivity index (χ1n) is 5.18. The Morgan fingerprint density at radius 3 is 2.94 bits per heavy atom. The smallest absolute Gasteiger partial charge is 0.156 e. The lowest BCUT2D eigenvalue weighted by Gasteiger charge is -2.06. The van der Waals surface area contributed by atoms with Crippen LogP contribution in [0, 0.1) is 12.3 Å². The van der Waals surface area contributed by atoms with Gasteiger partial charge in [0.05, 0.1) is 5.52 Å². The molecule has 78 valence electrons. The maximum Gasteiger partial charge on any atom is 0.156 e. The van der Waals surface area contributed by atoms with Gasteiger partial charge in [-0.25, -0.2) is 4.98 Å². The average molecular weight is 209 g/mol. The molecule has 0 aliphatic heterocycles. The van der Waals surface area contributed by atoms with Crippen molar-refractivity contribution in [3.8, 4) is 0 Å². The number of hydrogen-bond acceptors (Lipinski definition) is 2. The SMILES string of the molecule is Cc1ccc2c(c1)c(=N)nc1ccccn12. The van der Waals surface area contributed by atoms with E-state index in [1.165, 1.54) is 0 Å². The first-order chi connectivity index (χ1) is 7.75. The van der Waals surface area contributed by atoms with Gasteiger partial charge < -0.3 is 4.40 Å². The van der Waals surface area contributed by atoms with Crippen LogP contribution in [-0.4, -0.2) is 9.38 Å². The first-order valence-corrected chi connectivity index (χ1v) is 5.18. The summed E-state index contributed by atoms with van der Waals surface area (Å²) in [7, 11) is 0. The fourth-order valence-corrected chi connectivity index (χ4v) is 1.95. The predicted molar refractivity (Wildman–Crippen MR) is 63.3 cm³/mol. The van der Waals surface area contributed by atoms with Gasteiger partial charge in [0.2, 0.25) is 0 Å². The number of nitrogens with one attached hydrogen (secondary N) is 1. The van der Waals surface area contributed by atoms with Crippen molar-refractivity contribution in [1.29, 1.82) is 5.41 Å². The van der Waals surface area contributed by atoms with Crippen LogP contribution in [0.4, 0.5) is 0 Å². The van der Waals surface area contributed by atoms with Crippen molar-refractivity contribution in [2.45, 2.75) is 6.92 Å². The van der Waals surface area contributed by atoms with Gasteiger partial charge >= 0.3 is 0 Å². The molecule has 3 nitrogen and oxygen atoms in total. The Balaban J connectivity index is 2.65. The van der Waals surface area contributed by atoms with Crippen LogP contribution in [0.2, 0.25) is 0 Å². The van der Waals surface area contributed by atoms with E-state index in [9.17, 15) is 0 Å². The summed E-state index contributed by atoms with van der Waals surface area (Å²) in [5, 5.41) is 8.81. The number of hydrogen-bond donors (Lipinski definition) is 1. The van der Waals surface area contributed by atoms with Crippen molar-refractivity contribution >= 4 is 16.6 Å². The van der Waals surface area contributed by atoms with Gasteiger partial charge in [0, 0.05) is 11.6 Å². The zero-order valence-electron chi connectivity index (χ0n) is 8.94. The fourth-order valence-electron chi connectivity index (χ4n) is 1.95. The molecule has 0 unspecified atom stereocenters. The van der Waals surface area contributed by atoms with Crippen molar-refractivity contribution in [3.63, 3.8) is 0 Å². The van der Waals surface area contributed by atoms with Gasteiger partial charge in [-0.05, 0) is 31.2 Å². The highest BCUT2D eigenvalue weighted by molar-refractivity contribution is 5.80. The number of rotatable bonds is 0. The minimum absolute atomic E-state index is 0.338. The third-order valence-electron chi connectivity index (χ3n) is 2.73. The van der Waals surface area contributed by atoms with Gasteiger partial charge in [0.1, 0.15) is 5.65 Å². The molecule has 2 aromatic heterocycles. The van der Waals surface area contributed by atoms with E-state index in [0.29, 0.717) is 5.49 Å². The van der Waals surface area contributed by atoms with Gasteiger partial charge in [-0.2, -0.15) is 0 Å². The second-order valence-corrected chi connectivity index (χ2v) is 3.91. The Bertz CT molecular complexity index is 741. The van der Waals surface area contributed by atoms with Gasteiger partial charge in [0.25, 0.3) is 0 Å². The van der Waals surface area contributed by atoms with Crippen LogP contribution in [0.15, 0.2) is 42.6 Å². The molecule has 3 heteroatoms. The molecule has 3 rings (SSSR count). The molecule has 1 aromatic carbocycles. The largest absolute Gasteiger partial charge is 0.301 e. The van der Waals surface area contributed by atoms with Crippen LogP contribution < -0.4 is 5.49 Å². The van der Waals surface area contributed by atoms with E-state index < -0.39 is 0 Å². The van der Waals surface area contributed by atoms with Crippen LogP contribution in [0.3, 0.4) is 0 Å². The maximum absolute atomic E-state index is 7.92. The van der Waals surface area contributed by atoms with E-state index in [0.717, 1.165) is 22.1 Å². The van der Waals surface area contributed by atoms with Gasteiger partial charge in [-0.15, -0.1) is 0 Å². The lowest BCUT2D eigenvalue weighted by Crippen LogP contribution is -2.10. The zero-order chi connectivity index (χ0) is 11.1. The summed E-state index contributed by atoms with van der Waals surface area (Å²) in [6.45, 7) is 2.03. The number of aromatic nitrogens is 2. The fraction of sp³-hybridized carbons (Fsp3) is 0.0769. The van der Waals surface area contributed by atoms with E-state index in [4.69, 9.17) is 5.41 Å². The van der Waals surface area contributed by atoms with E-state index in [1.807, 2.05) is 47.9 Å². The third kappa shape index (κ3) is 1.21. The third-order valence-corrected chi connectivity index (χ3v) is 2.73. The maximum atomic E-state index is 7.92. The Morgan fingerprint density at radius 2 is 2.06 bits per heavy atom. The highest BCUT2D eigenvalue weighted by Gasteiger charge is 2.02. The van der Waals surface area contributed by atoms with Crippen molar-refractivity contribution in [2.24, 2.45) is 0 Å². The van der Waals surface area contributed by atoms with Gasteiger partial charge in [-0.1, -0.05) is 17.7 Å². The number of pyridine rings is 1. The second-order valence-electron chi connectivity index (χ2n) is 3.91. The van der Waals surface area contributed by atoms with Crippen LogP contribution in [-0.2, 0) is 0 Å². The Kier molecular flexibility index (Phi) is 1.80. The molecule has 0 radical (unpaired) electrons. The summed E-state index contributed by atoms with van der Waals surface area (Å²) in [4.78, 5) is 4.27. The predicted octanol–water partition coefficient (Wildman–Crippen LogP) is 2.28. The Hall–Kier alpha value is -2.16. The number of nitrogens with zero attached hydrogens (tertiary/aromatic N) is 2. The molecule has 0 fully saturated rings. The molecule has 1 N–H and O–H groups in total. The lowest BCUT2D eigenvalue weighted by atomic mass is 10.1. The van der Waals surface area contributed by atoms with Crippen molar-refractivity contribution in [1.82, 2.24) is 9.38 Å². The quantitative estimate of drug-likeness (QED) is 0.567. The minimum Gasteiger partial charge on any atom is -0.301 e. The van der Waals surface area contributed by atoms with E-state index in [-0.39, 0.29) is 0 Å². The van der Waals surface area contributed by atoms with E-state index in [1.54, 1.807) is 0 Å². The molecule has 0 amide bonds. The molecule has 0 aliphatic carbocycles. The number of fused-ring (bicyclic) bond motifs is 3. The monoisotopic (exact) mass is 209 g/mol. The molecule has 0 spiro atoms. The summed E-state index contributed by atoms with van der Waals surface area (Å²) in [5.41, 5.74) is 3.33. The molecular formula is C13H11N3. The minimum atomic E-state index is 0.338. The van der Waals surface area contributed by atoms with Crippen LogP contribution in [0.5, 0.6) is 0 Å². The van der Waals surface area contributed by atoms with Gasteiger partial charge in [-0.3, -0.25) is 5.41 Å². The van der Waals surface area contributed by atoms with Crippen molar-refractivity contribution < 1.29 is 0 Å². The molecule has 2 heterocycles. The Labute approximate surface area is 92.5 Å². The van der Waals surface area contributed by atoms with Crippen LogP contribution in [0.1, 0.15) is 5.56 Å². The van der Waals surface area contributed by atoms with Gasteiger partial charge in [0.15, 0.2) is 5.49 Å².